The maximum Gasteiger partial charge on any atom is 0.355 e. The maximum atomic E-state index is 13.2. The van der Waals surface area contributed by atoms with Gasteiger partial charge in [-0.25, -0.2) is 4.79 Å². The lowest BCUT2D eigenvalue weighted by Gasteiger charge is -2.29. The standard InChI is InChI=1S/C18H24NO6/c1-19(2)8-7-14(13-19)25-17(21)18(24-12-9-20,15-5-3-10-22-15)16-6-4-11-23-16/h3-6,10-11,14,20H,7-9,12-13H2,1-2H3/q+1. The first-order valence-corrected chi connectivity index (χ1v) is 8.34. The Balaban J connectivity index is 1.94. The van der Waals surface area contributed by atoms with Crippen LogP contribution in [0.5, 0.6) is 0 Å². The largest absolute Gasteiger partial charge is 0.465 e. The van der Waals surface area contributed by atoms with Gasteiger partial charge in [-0.1, -0.05) is 0 Å². The molecule has 3 heterocycles. The first-order valence-electron chi connectivity index (χ1n) is 8.34. The molecule has 0 aromatic carbocycles. The van der Waals surface area contributed by atoms with E-state index in [1.165, 1.54) is 12.5 Å². The SMILES string of the molecule is C[N+]1(C)CCC(OC(=O)C(OCCO)(c2ccco2)c2ccco2)C1. The predicted octanol–water partition coefficient (Wildman–Crippen LogP) is 1.52. The van der Waals surface area contributed by atoms with Crippen LogP contribution in [0.25, 0.3) is 0 Å². The third-order valence-electron chi connectivity index (χ3n) is 4.46. The van der Waals surface area contributed by atoms with E-state index in [0.29, 0.717) is 0 Å². The smallest absolute Gasteiger partial charge is 0.355 e. The number of esters is 1. The van der Waals surface area contributed by atoms with Crippen LogP contribution in [0.2, 0.25) is 0 Å². The Kier molecular flexibility index (Phi) is 4.99. The number of likely N-dealkylation sites (tertiary alicyclic amines) is 1. The summed E-state index contributed by atoms with van der Waals surface area (Å²) >= 11 is 0. The first kappa shape index (κ1) is 17.7. The molecule has 1 N–H and O–H groups in total. The molecule has 1 unspecified atom stereocenters. The molecule has 0 bridgehead atoms. The van der Waals surface area contributed by atoms with Gasteiger partial charge < -0.3 is 27.9 Å². The molecular formula is C18H24NO6+. The molecular weight excluding hydrogens is 326 g/mol. The highest BCUT2D eigenvalue weighted by atomic mass is 16.6. The maximum absolute atomic E-state index is 13.2. The molecule has 2 aromatic heterocycles. The summed E-state index contributed by atoms with van der Waals surface area (Å²) in [7, 11) is 4.20. The summed E-state index contributed by atoms with van der Waals surface area (Å²) in [5, 5.41) is 9.22. The molecule has 25 heavy (non-hydrogen) atoms. The second kappa shape index (κ2) is 7.03. The Hall–Kier alpha value is -2.09. The van der Waals surface area contributed by atoms with Crippen molar-refractivity contribution >= 4 is 5.97 Å². The Labute approximate surface area is 146 Å². The first-order chi connectivity index (χ1) is 12.0. The van der Waals surface area contributed by atoms with Gasteiger partial charge in [0.25, 0.3) is 5.60 Å². The van der Waals surface area contributed by atoms with Gasteiger partial charge in [0, 0.05) is 6.42 Å². The van der Waals surface area contributed by atoms with Crippen LogP contribution in [-0.2, 0) is 19.9 Å². The van der Waals surface area contributed by atoms with Crippen molar-refractivity contribution in [1.29, 1.82) is 0 Å². The van der Waals surface area contributed by atoms with E-state index in [4.69, 9.17) is 18.3 Å². The van der Waals surface area contributed by atoms with Gasteiger partial charge in [-0.15, -0.1) is 0 Å². The summed E-state index contributed by atoms with van der Waals surface area (Å²) in [6.45, 7) is 1.36. The number of rotatable bonds is 7. The predicted molar refractivity (Wildman–Crippen MR) is 87.6 cm³/mol. The van der Waals surface area contributed by atoms with Gasteiger partial charge in [-0.3, -0.25) is 0 Å². The lowest BCUT2D eigenvalue weighted by atomic mass is 9.97. The van der Waals surface area contributed by atoms with Crippen molar-refractivity contribution < 1.29 is 32.7 Å². The summed E-state index contributed by atoms with van der Waals surface area (Å²) in [6, 6.07) is 6.60. The van der Waals surface area contributed by atoms with Crippen molar-refractivity contribution in [2.45, 2.75) is 18.1 Å². The molecule has 0 saturated carbocycles. The quantitative estimate of drug-likeness (QED) is 0.602. The summed E-state index contributed by atoms with van der Waals surface area (Å²) in [5.74, 6) is -0.0851. The molecule has 0 radical (unpaired) electrons. The molecule has 1 fully saturated rings. The van der Waals surface area contributed by atoms with Crippen LogP contribution < -0.4 is 0 Å². The molecule has 7 nitrogen and oxygen atoms in total. The fraction of sp³-hybridized carbons (Fsp3) is 0.500. The second-order valence-corrected chi connectivity index (χ2v) is 6.87. The number of aliphatic hydroxyl groups excluding tert-OH is 1. The van der Waals surface area contributed by atoms with Crippen LogP contribution >= 0.6 is 0 Å². The zero-order valence-corrected chi connectivity index (χ0v) is 14.5. The monoisotopic (exact) mass is 350 g/mol. The topological polar surface area (TPSA) is 82.0 Å². The Morgan fingerprint density at radius 3 is 2.36 bits per heavy atom. The fourth-order valence-corrected chi connectivity index (χ4v) is 3.24. The average molecular weight is 350 g/mol. The molecule has 1 atom stereocenters. The number of likely N-dealkylation sites (N-methyl/N-ethyl adjacent to an activating group) is 1. The zero-order chi connectivity index (χ0) is 17.9. The minimum atomic E-state index is -1.67. The number of ether oxygens (including phenoxy) is 2. The van der Waals surface area contributed by atoms with E-state index in [2.05, 4.69) is 14.1 Å². The van der Waals surface area contributed by atoms with Crippen LogP contribution in [0.3, 0.4) is 0 Å². The highest BCUT2D eigenvalue weighted by Crippen LogP contribution is 2.37. The van der Waals surface area contributed by atoms with Crippen LogP contribution in [0.4, 0.5) is 0 Å². The highest BCUT2D eigenvalue weighted by molar-refractivity contribution is 5.84. The Morgan fingerprint density at radius 1 is 1.28 bits per heavy atom. The highest BCUT2D eigenvalue weighted by Gasteiger charge is 2.52. The number of carbonyl (C=O) groups excluding carboxylic acids is 1. The molecule has 0 aliphatic carbocycles. The van der Waals surface area contributed by atoms with Crippen molar-refractivity contribution in [3.05, 3.63) is 48.3 Å². The van der Waals surface area contributed by atoms with Crippen molar-refractivity contribution in [1.82, 2.24) is 0 Å². The minimum absolute atomic E-state index is 0.0667. The summed E-state index contributed by atoms with van der Waals surface area (Å²) < 4.78 is 23.3. The second-order valence-electron chi connectivity index (χ2n) is 6.87. The van der Waals surface area contributed by atoms with Gasteiger partial charge in [0.2, 0.25) is 0 Å². The Morgan fingerprint density at radius 2 is 1.92 bits per heavy atom. The van der Waals surface area contributed by atoms with E-state index in [1.807, 2.05) is 0 Å². The molecule has 1 aliphatic heterocycles. The average Bonchev–Trinajstić information content (AvgIpc) is 3.31. The lowest BCUT2D eigenvalue weighted by Crippen LogP contribution is -2.44. The van der Waals surface area contributed by atoms with E-state index in [1.54, 1.807) is 24.3 Å². The van der Waals surface area contributed by atoms with Crippen LogP contribution in [0, 0.1) is 0 Å². The summed E-state index contributed by atoms with van der Waals surface area (Å²) in [6.07, 6.45) is 3.49. The van der Waals surface area contributed by atoms with Gasteiger partial charge in [-0.05, 0) is 24.3 Å². The minimum Gasteiger partial charge on any atom is -0.465 e. The number of nitrogens with zero attached hydrogens (tertiary/aromatic N) is 1. The zero-order valence-electron chi connectivity index (χ0n) is 14.5. The Bertz CT molecular complexity index is 642. The van der Waals surface area contributed by atoms with E-state index in [9.17, 15) is 9.90 Å². The number of hydrogen-bond acceptors (Lipinski definition) is 6. The molecule has 2 aromatic rings. The normalized spacial score (nSPS) is 19.9. The van der Waals surface area contributed by atoms with Crippen molar-refractivity contribution in [2.75, 3.05) is 40.4 Å². The van der Waals surface area contributed by atoms with Crippen LogP contribution in [-0.4, -0.2) is 62.1 Å². The third kappa shape index (κ3) is 3.49. The number of furan rings is 2. The lowest BCUT2D eigenvalue weighted by molar-refractivity contribution is -0.879. The van der Waals surface area contributed by atoms with E-state index < -0.39 is 11.6 Å². The van der Waals surface area contributed by atoms with E-state index >= 15 is 0 Å². The number of quaternary nitrogens is 1. The number of carbonyl (C=O) groups is 1. The van der Waals surface area contributed by atoms with Gasteiger partial charge in [0.05, 0.1) is 46.4 Å². The number of hydrogen-bond donors (Lipinski definition) is 1. The van der Waals surface area contributed by atoms with Gasteiger partial charge in [-0.2, -0.15) is 0 Å². The third-order valence-corrected chi connectivity index (χ3v) is 4.46. The van der Waals surface area contributed by atoms with Gasteiger partial charge in [0.15, 0.2) is 17.6 Å². The van der Waals surface area contributed by atoms with E-state index in [-0.39, 0.29) is 30.8 Å². The van der Waals surface area contributed by atoms with Crippen molar-refractivity contribution in [3.63, 3.8) is 0 Å². The van der Waals surface area contributed by atoms with Crippen molar-refractivity contribution in [2.24, 2.45) is 0 Å². The number of aliphatic hydroxyl groups is 1. The summed E-state index contributed by atoms with van der Waals surface area (Å²) in [5.41, 5.74) is -1.67. The molecule has 3 rings (SSSR count). The van der Waals surface area contributed by atoms with Crippen LogP contribution in [0.1, 0.15) is 17.9 Å². The summed E-state index contributed by atoms with van der Waals surface area (Å²) in [4.78, 5) is 13.2. The fourth-order valence-electron chi connectivity index (χ4n) is 3.24. The molecule has 0 spiro atoms. The molecule has 1 aliphatic rings. The molecule has 7 heteroatoms. The van der Waals surface area contributed by atoms with E-state index in [0.717, 1.165) is 24.0 Å². The van der Waals surface area contributed by atoms with Gasteiger partial charge >= 0.3 is 5.97 Å². The molecule has 136 valence electrons. The van der Waals surface area contributed by atoms with Crippen molar-refractivity contribution in [3.8, 4) is 0 Å². The van der Waals surface area contributed by atoms with Gasteiger partial charge in [0.1, 0.15) is 6.54 Å². The molecule has 1 saturated heterocycles. The molecule has 0 amide bonds. The van der Waals surface area contributed by atoms with Crippen LogP contribution in [0.15, 0.2) is 45.6 Å².